The van der Waals surface area contributed by atoms with E-state index in [1.807, 2.05) is 0 Å². The predicted molar refractivity (Wildman–Crippen MR) is 70.8 cm³/mol. The minimum atomic E-state index is -0.197. The Bertz CT molecular complexity index is 320. The van der Waals surface area contributed by atoms with E-state index in [2.05, 4.69) is 21.2 Å². The highest BCUT2D eigenvalue weighted by atomic mass is 79.9. The molecule has 0 aliphatic carbocycles. The molecule has 0 aliphatic heterocycles. The van der Waals surface area contributed by atoms with Gasteiger partial charge in [-0.3, -0.25) is 0 Å². The van der Waals surface area contributed by atoms with Crippen LogP contribution >= 0.6 is 27.5 Å². The van der Waals surface area contributed by atoms with Gasteiger partial charge >= 0.3 is 0 Å². The van der Waals surface area contributed by atoms with E-state index in [1.54, 1.807) is 12.1 Å². The highest BCUT2D eigenvalue weighted by Gasteiger charge is 2.01. The van der Waals surface area contributed by atoms with Crippen LogP contribution < -0.4 is 5.32 Å². The zero-order valence-corrected chi connectivity index (χ0v) is 11.5. The topological polar surface area (TPSA) is 12.0 Å². The van der Waals surface area contributed by atoms with E-state index in [-0.39, 0.29) is 5.82 Å². The molecule has 0 bridgehead atoms. The van der Waals surface area contributed by atoms with Crippen molar-refractivity contribution in [3.8, 4) is 0 Å². The van der Waals surface area contributed by atoms with Gasteiger partial charge in [-0.25, -0.2) is 4.39 Å². The first-order chi connectivity index (χ1) is 7.74. The molecule has 1 nitrogen and oxygen atoms in total. The number of nitrogens with one attached hydrogen (secondary N) is 1. The molecular weight excluding hydrogens is 292 g/mol. The van der Waals surface area contributed by atoms with Crippen molar-refractivity contribution in [3.05, 3.63) is 34.6 Å². The van der Waals surface area contributed by atoms with Gasteiger partial charge in [0.1, 0.15) is 5.82 Å². The summed E-state index contributed by atoms with van der Waals surface area (Å²) in [5.41, 5.74) is 0.632. The van der Waals surface area contributed by atoms with Crippen LogP contribution in [-0.2, 0) is 6.54 Å². The Hall–Kier alpha value is -0.120. The molecule has 0 aliphatic rings. The average Bonchev–Trinajstić information content (AvgIpc) is 2.28. The zero-order chi connectivity index (χ0) is 11.8. The van der Waals surface area contributed by atoms with E-state index >= 15 is 0 Å². The molecule has 0 radical (unpaired) electrons. The molecule has 0 atom stereocenters. The van der Waals surface area contributed by atoms with Crippen LogP contribution in [0.2, 0.25) is 5.02 Å². The quantitative estimate of drug-likeness (QED) is 0.590. The lowest BCUT2D eigenvalue weighted by atomic mass is 10.2. The second kappa shape index (κ2) is 8.04. The summed E-state index contributed by atoms with van der Waals surface area (Å²) >= 11 is 9.19. The SMILES string of the molecule is Fc1ccc(Cl)cc1CNCCCCCBr. The summed E-state index contributed by atoms with van der Waals surface area (Å²) in [7, 11) is 0. The lowest BCUT2D eigenvalue weighted by Crippen LogP contribution is -2.15. The molecule has 1 N–H and O–H groups in total. The van der Waals surface area contributed by atoms with Gasteiger partial charge in [0.25, 0.3) is 0 Å². The van der Waals surface area contributed by atoms with Crippen LogP contribution in [0.3, 0.4) is 0 Å². The van der Waals surface area contributed by atoms with Crippen molar-refractivity contribution in [2.24, 2.45) is 0 Å². The Labute approximate surface area is 110 Å². The highest BCUT2D eigenvalue weighted by Crippen LogP contribution is 2.14. The molecule has 0 heterocycles. The fraction of sp³-hybridized carbons (Fsp3) is 0.500. The highest BCUT2D eigenvalue weighted by molar-refractivity contribution is 9.09. The number of rotatable bonds is 7. The Morgan fingerprint density at radius 1 is 1.25 bits per heavy atom. The number of benzene rings is 1. The van der Waals surface area contributed by atoms with E-state index in [1.165, 1.54) is 18.9 Å². The molecule has 1 aromatic rings. The summed E-state index contributed by atoms with van der Waals surface area (Å²) in [6.45, 7) is 1.46. The van der Waals surface area contributed by atoms with Gasteiger partial charge in [-0.2, -0.15) is 0 Å². The predicted octanol–water partition coefficient (Wildman–Crippen LogP) is 4.13. The second-order valence-corrected chi connectivity index (χ2v) is 4.89. The fourth-order valence-electron chi connectivity index (χ4n) is 1.42. The van der Waals surface area contributed by atoms with Crippen molar-refractivity contribution in [3.63, 3.8) is 0 Å². The van der Waals surface area contributed by atoms with Crippen LogP contribution in [0.15, 0.2) is 18.2 Å². The third-order valence-electron chi connectivity index (χ3n) is 2.31. The van der Waals surface area contributed by atoms with Gasteiger partial charge in [0.15, 0.2) is 0 Å². The van der Waals surface area contributed by atoms with Crippen LogP contribution in [0.1, 0.15) is 24.8 Å². The normalized spacial score (nSPS) is 10.7. The minimum Gasteiger partial charge on any atom is -0.313 e. The van der Waals surface area contributed by atoms with Gasteiger partial charge < -0.3 is 5.32 Å². The molecule has 90 valence electrons. The van der Waals surface area contributed by atoms with Crippen LogP contribution in [0.4, 0.5) is 4.39 Å². The molecule has 16 heavy (non-hydrogen) atoms. The summed E-state index contributed by atoms with van der Waals surface area (Å²) in [6.07, 6.45) is 3.50. The molecule has 1 rings (SSSR count). The first-order valence-corrected chi connectivity index (χ1v) is 6.94. The average molecular weight is 309 g/mol. The zero-order valence-electron chi connectivity index (χ0n) is 9.11. The molecule has 1 aromatic carbocycles. The van der Waals surface area contributed by atoms with E-state index in [9.17, 15) is 4.39 Å². The molecular formula is C12H16BrClFN. The van der Waals surface area contributed by atoms with Gasteiger partial charge in [0.05, 0.1) is 0 Å². The molecule has 0 fully saturated rings. The number of hydrogen-bond acceptors (Lipinski definition) is 1. The maximum Gasteiger partial charge on any atom is 0.127 e. The number of halogens is 3. The van der Waals surface area contributed by atoms with E-state index in [0.717, 1.165) is 18.3 Å². The van der Waals surface area contributed by atoms with Gasteiger partial charge in [-0.05, 0) is 37.6 Å². The number of alkyl halides is 1. The Morgan fingerprint density at radius 2 is 2.06 bits per heavy atom. The molecule has 4 heteroatoms. The van der Waals surface area contributed by atoms with E-state index < -0.39 is 0 Å². The minimum absolute atomic E-state index is 0.197. The summed E-state index contributed by atoms with van der Waals surface area (Å²) in [4.78, 5) is 0. The van der Waals surface area contributed by atoms with Gasteiger partial charge in [0.2, 0.25) is 0 Å². The third-order valence-corrected chi connectivity index (χ3v) is 3.11. The molecule has 0 aromatic heterocycles. The Kier molecular flexibility index (Phi) is 7.01. The van der Waals surface area contributed by atoms with Crippen molar-refractivity contribution in [1.82, 2.24) is 5.32 Å². The Balaban J connectivity index is 2.23. The lowest BCUT2D eigenvalue weighted by molar-refractivity contribution is 0.574. The van der Waals surface area contributed by atoms with Crippen molar-refractivity contribution in [1.29, 1.82) is 0 Å². The maximum atomic E-state index is 13.3. The summed E-state index contributed by atoms with van der Waals surface area (Å²) in [5.74, 6) is -0.197. The maximum absolute atomic E-state index is 13.3. The van der Waals surface area contributed by atoms with Crippen molar-refractivity contribution < 1.29 is 4.39 Å². The summed E-state index contributed by atoms with van der Waals surface area (Å²) in [5, 5.41) is 4.85. The molecule has 0 spiro atoms. The van der Waals surface area contributed by atoms with Crippen molar-refractivity contribution in [2.45, 2.75) is 25.8 Å². The molecule has 0 unspecified atom stereocenters. The molecule has 0 saturated carbocycles. The number of hydrogen-bond donors (Lipinski definition) is 1. The van der Waals surface area contributed by atoms with Crippen LogP contribution in [-0.4, -0.2) is 11.9 Å². The van der Waals surface area contributed by atoms with Crippen LogP contribution in [0, 0.1) is 5.82 Å². The van der Waals surface area contributed by atoms with Gasteiger partial charge in [0, 0.05) is 22.5 Å². The van der Waals surface area contributed by atoms with Crippen molar-refractivity contribution >= 4 is 27.5 Å². The fourth-order valence-corrected chi connectivity index (χ4v) is 2.01. The first kappa shape index (κ1) is 13.9. The van der Waals surface area contributed by atoms with E-state index in [4.69, 9.17) is 11.6 Å². The van der Waals surface area contributed by atoms with Gasteiger partial charge in [-0.1, -0.05) is 34.0 Å². The van der Waals surface area contributed by atoms with E-state index in [0.29, 0.717) is 17.1 Å². The first-order valence-electron chi connectivity index (χ1n) is 5.44. The van der Waals surface area contributed by atoms with Crippen molar-refractivity contribution in [2.75, 3.05) is 11.9 Å². The monoisotopic (exact) mass is 307 g/mol. The Morgan fingerprint density at radius 3 is 2.81 bits per heavy atom. The van der Waals surface area contributed by atoms with Crippen LogP contribution in [0.25, 0.3) is 0 Å². The van der Waals surface area contributed by atoms with Crippen LogP contribution in [0.5, 0.6) is 0 Å². The molecule has 0 saturated heterocycles. The smallest absolute Gasteiger partial charge is 0.127 e. The largest absolute Gasteiger partial charge is 0.313 e. The third kappa shape index (κ3) is 5.28. The van der Waals surface area contributed by atoms with Gasteiger partial charge in [-0.15, -0.1) is 0 Å². The summed E-state index contributed by atoms with van der Waals surface area (Å²) < 4.78 is 13.3. The molecule has 0 amide bonds. The standard InChI is InChI=1S/C12H16BrClFN/c13-6-2-1-3-7-16-9-10-8-11(14)4-5-12(10)15/h4-5,8,16H,1-3,6-7,9H2. The summed E-state index contributed by atoms with van der Waals surface area (Å²) in [6, 6.07) is 4.64. The number of unbranched alkanes of at least 4 members (excludes halogenated alkanes) is 2. The second-order valence-electron chi connectivity index (χ2n) is 3.66. The lowest BCUT2D eigenvalue weighted by Gasteiger charge is -2.06.